The van der Waals surface area contributed by atoms with Crippen molar-refractivity contribution < 1.29 is 0 Å². The van der Waals surface area contributed by atoms with E-state index in [0.29, 0.717) is 0 Å². The number of nitrogens with one attached hydrogen (secondary N) is 1. The van der Waals surface area contributed by atoms with E-state index in [1.165, 1.54) is 0 Å². The van der Waals surface area contributed by atoms with Gasteiger partial charge in [-0.05, 0) is 18.2 Å². The average Bonchev–Trinajstić information content (AvgIpc) is 2.89. The van der Waals surface area contributed by atoms with Crippen LogP contribution in [0.5, 0.6) is 0 Å². The first-order valence-corrected chi connectivity index (χ1v) is 5.31. The maximum atomic E-state index is 4.42. The largest absolute Gasteiger partial charge is 0.277 e. The minimum atomic E-state index is 0.859. The molecule has 0 aliphatic carbocycles. The van der Waals surface area contributed by atoms with Gasteiger partial charge in [0.1, 0.15) is 0 Å². The molecule has 0 aliphatic rings. The summed E-state index contributed by atoms with van der Waals surface area (Å²) in [7, 11) is 0. The number of pyridine rings is 1. The van der Waals surface area contributed by atoms with Crippen LogP contribution in [0.1, 0.15) is 5.69 Å². The molecule has 0 saturated heterocycles. The molecule has 2 aromatic heterocycles. The smallest absolute Gasteiger partial charge is 0.0958 e. The predicted octanol–water partition coefficient (Wildman–Crippen LogP) is 2.71. The quantitative estimate of drug-likeness (QED) is 0.678. The van der Waals surface area contributed by atoms with Crippen LogP contribution in [0.25, 0.3) is 10.9 Å². The molecule has 0 saturated carbocycles. The van der Waals surface area contributed by atoms with Crippen LogP contribution in [-0.2, 0) is 0 Å². The van der Waals surface area contributed by atoms with E-state index in [9.17, 15) is 0 Å². The molecule has 0 unspecified atom stereocenters. The van der Waals surface area contributed by atoms with E-state index < -0.39 is 0 Å². The number of hydrogen-bond donors (Lipinski definition) is 1. The van der Waals surface area contributed by atoms with Crippen LogP contribution in [0.15, 0.2) is 53.8 Å². The number of benzene rings is 1. The monoisotopic (exact) mass is 222 g/mol. The number of H-pyrrole nitrogens is 1. The molecule has 2 heterocycles. The van der Waals surface area contributed by atoms with E-state index in [1.54, 1.807) is 18.6 Å². The van der Waals surface area contributed by atoms with Gasteiger partial charge in [0, 0.05) is 17.8 Å². The second-order valence-electron chi connectivity index (χ2n) is 3.62. The summed E-state index contributed by atoms with van der Waals surface area (Å²) in [5.41, 5.74) is 2.64. The van der Waals surface area contributed by atoms with Gasteiger partial charge in [0.05, 0.1) is 23.1 Å². The molecule has 0 spiro atoms. The fraction of sp³-hybridized carbons (Fsp3) is 0. The molecule has 1 N–H and O–H groups in total. The van der Waals surface area contributed by atoms with Crippen LogP contribution in [0, 0.1) is 0 Å². The highest BCUT2D eigenvalue weighted by Crippen LogP contribution is 2.23. The van der Waals surface area contributed by atoms with Gasteiger partial charge in [-0.25, -0.2) is 0 Å². The maximum absolute atomic E-state index is 4.42. The Morgan fingerprint density at radius 3 is 2.88 bits per heavy atom. The molecule has 4 nitrogen and oxygen atoms in total. The van der Waals surface area contributed by atoms with Crippen molar-refractivity contribution in [1.82, 2.24) is 15.2 Å². The van der Waals surface area contributed by atoms with Crippen LogP contribution < -0.4 is 0 Å². The average molecular weight is 222 g/mol. The van der Waals surface area contributed by atoms with Gasteiger partial charge in [0.2, 0.25) is 0 Å². The van der Waals surface area contributed by atoms with E-state index in [2.05, 4.69) is 20.2 Å². The number of nitrogens with zero attached hydrogens (tertiary/aromatic N) is 3. The van der Waals surface area contributed by atoms with Crippen LogP contribution >= 0.6 is 0 Å². The van der Waals surface area contributed by atoms with Crippen molar-refractivity contribution in [2.24, 2.45) is 4.99 Å². The molecule has 0 bridgehead atoms. The lowest BCUT2D eigenvalue weighted by Gasteiger charge is -1.99. The van der Waals surface area contributed by atoms with Crippen LogP contribution in [-0.4, -0.2) is 21.4 Å². The van der Waals surface area contributed by atoms with Gasteiger partial charge in [0.15, 0.2) is 0 Å². The Bertz CT molecular complexity index is 651. The Balaban J connectivity index is 2.06. The third kappa shape index (κ3) is 1.92. The zero-order valence-electron chi connectivity index (χ0n) is 9.04. The number of rotatable bonds is 2. The van der Waals surface area contributed by atoms with Crippen LogP contribution in [0.4, 0.5) is 5.69 Å². The summed E-state index contributed by atoms with van der Waals surface area (Å²) in [5.74, 6) is 0. The van der Waals surface area contributed by atoms with Crippen molar-refractivity contribution in [3.05, 3.63) is 54.5 Å². The highest BCUT2D eigenvalue weighted by molar-refractivity contribution is 5.91. The summed E-state index contributed by atoms with van der Waals surface area (Å²) in [4.78, 5) is 8.76. The minimum Gasteiger partial charge on any atom is -0.277 e. The van der Waals surface area contributed by atoms with Gasteiger partial charge >= 0.3 is 0 Å². The lowest BCUT2D eigenvalue weighted by Crippen LogP contribution is -1.82. The van der Waals surface area contributed by atoms with E-state index in [-0.39, 0.29) is 0 Å². The summed E-state index contributed by atoms with van der Waals surface area (Å²) in [6.45, 7) is 0. The van der Waals surface area contributed by atoms with Crippen molar-refractivity contribution in [3.63, 3.8) is 0 Å². The molecule has 0 atom stereocenters. The third-order valence-corrected chi connectivity index (χ3v) is 2.48. The molecule has 17 heavy (non-hydrogen) atoms. The summed E-state index contributed by atoms with van der Waals surface area (Å²) in [6.07, 6.45) is 5.22. The predicted molar refractivity (Wildman–Crippen MR) is 67.6 cm³/mol. The first-order chi connectivity index (χ1) is 8.43. The van der Waals surface area contributed by atoms with Gasteiger partial charge in [-0.3, -0.25) is 15.1 Å². The van der Waals surface area contributed by atoms with Gasteiger partial charge in [-0.2, -0.15) is 5.10 Å². The maximum Gasteiger partial charge on any atom is 0.0958 e. The van der Waals surface area contributed by atoms with Gasteiger partial charge in [0.25, 0.3) is 0 Å². The lowest BCUT2D eigenvalue weighted by molar-refractivity contribution is 1.08. The standard InChI is InChI=1S/C13H10N4/c1-3-10-4-2-7-14-13(10)12(5-1)15-9-11-6-8-16-17-11/h1-9H,(H,16,17). The van der Waals surface area contributed by atoms with Gasteiger partial charge in [-0.15, -0.1) is 0 Å². The highest BCUT2D eigenvalue weighted by Gasteiger charge is 1.98. The molecule has 3 aromatic rings. The van der Waals surface area contributed by atoms with Crippen LogP contribution in [0.2, 0.25) is 0 Å². The summed E-state index contributed by atoms with van der Waals surface area (Å²) in [6, 6.07) is 11.8. The summed E-state index contributed by atoms with van der Waals surface area (Å²) in [5, 5.41) is 7.79. The molecule has 4 heteroatoms. The lowest BCUT2D eigenvalue weighted by atomic mass is 10.2. The van der Waals surface area contributed by atoms with Crippen molar-refractivity contribution in [2.75, 3.05) is 0 Å². The molecule has 0 radical (unpaired) electrons. The molecule has 82 valence electrons. The number of aliphatic imine (C=N–C) groups is 1. The number of hydrogen-bond acceptors (Lipinski definition) is 3. The normalized spacial score (nSPS) is 11.3. The number of aromatic amines is 1. The molecule has 0 amide bonds. The second-order valence-corrected chi connectivity index (χ2v) is 3.62. The molecule has 3 rings (SSSR count). The zero-order chi connectivity index (χ0) is 11.5. The third-order valence-electron chi connectivity index (χ3n) is 2.48. The topological polar surface area (TPSA) is 53.9 Å². The number of fused-ring (bicyclic) bond motifs is 1. The van der Waals surface area contributed by atoms with Gasteiger partial charge < -0.3 is 0 Å². The number of para-hydroxylation sites is 1. The van der Waals surface area contributed by atoms with E-state index >= 15 is 0 Å². The Kier molecular flexibility index (Phi) is 2.38. The van der Waals surface area contributed by atoms with Crippen molar-refractivity contribution in [2.45, 2.75) is 0 Å². The van der Waals surface area contributed by atoms with Crippen molar-refractivity contribution in [3.8, 4) is 0 Å². The van der Waals surface area contributed by atoms with Crippen molar-refractivity contribution in [1.29, 1.82) is 0 Å². The molecule has 1 aromatic carbocycles. The molecular formula is C13H10N4. The molecule has 0 aliphatic heterocycles. The number of aromatic nitrogens is 3. The first kappa shape index (κ1) is 9.72. The van der Waals surface area contributed by atoms with Gasteiger partial charge in [-0.1, -0.05) is 18.2 Å². The fourth-order valence-electron chi connectivity index (χ4n) is 1.67. The van der Waals surface area contributed by atoms with Crippen LogP contribution in [0.3, 0.4) is 0 Å². The molecular weight excluding hydrogens is 212 g/mol. The van der Waals surface area contributed by atoms with E-state index in [0.717, 1.165) is 22.3 Å². The first-order valence-electron chi connectivity index (χ1n) is 5.31. The Morgan fingerprint density at radius 2 is 2.00 bits per heavy atom. The Hall–Kier alpha value is -2.49. The zero-order valence-corrected chi connectivity index (χ0v) is 9.04. The Labute approximate surface area is 98.0 Å². The van der Waals surface area contributed by atoms with E-state index in [1.807, 2.05) is 36.4 Å². The second kappa shape index (κ2) is 4.17. The summed E-state index contributed by atoms with van der Waals surface area (Å²) < 4.78 is 0. The fourth-order valence-corrected chi connectivity index (χ4v) is 1.67. The minimum absolute atomic E-state index is 0.859. The Morgan fingerprint density at radius 1 is 1.06 bits per heavy atom. The highest BCUT2D eigenvalue weighted by atomic mass is 15.1. The summed E-state index contributed by atoms with van der Waals surface area (Å²) >= 11 is 0. The van der Waals surface area contributed by atoms with Crippen molar-refractivity contribution >= 4 is 22.8 Å². The SMILES string of the molecule is C(=Nc1cccc2cccnc12)c1ccn[nH]1. The molecule has 0 fully saturated rings. The van der Waals surface area contributed by atoms with E-state index in [4.69, 9.17) is 0 Å².